The maximum absolute atomic E-state index is 13.2. The van der Waals surface area contributed by atoms with E-state index in [1.54, 1.807) is 67.0 Å². The van der Waals surface area contributed by atoms with Crippen molar-refractivity contribution in [2.24, 2.45) is 0 Å². The van der Waals surface area contributed by atoms with Crippen molar-refractivity contribution >= 4 is 17.4 Å². The molecule has 2 aromatic carbocycles. The summed E-state index contributed by atoms with van der Waals surface area (Å²) in [6.07, 6.45) is 3.63. The van der Waals surface area contributed by atoms with E-state index in [-0.39, 0.29) is 23.7 Å². The molecule has 0 spiro atoms. The number of Topliss-reactive ketones (excluding diaryl/α,β-unsaturated/α-hetero) is 1. The van der Waals surface area contributed by atoms with Crippen molar-refractivity contribution in [2.45, 2.75) is 12.5 Å². The number of carbonyl (C=O) groups is 2. The van der Waals surface area contributed by atoms with Gasteiger partial charge in [0.25, 0.3) is 11.7 Å². The number of hydrogen-bond acceptors (Lipinski definition) is 4. The van der Waals surface area contributed by atoms with E-state index >= 15 is 0 Å². The summed E-state index contributed by atoms with van der Waals surface area (Å²) in [5.41, 5.74) is 1.97. The summed E-state index contributed by atoms with van der Waals surface area (Å²) in [7, 11) is 0. The van der Waals surface area contributed by atoms with Crippen LogP contribution in [0.1, 0.15) is 22.7 Å². The Labute approximate surface area is 173 Å². The summed E-state index contributed by atoms with van der Waals surface area (Å²) in [5, 5.41) is 10.9. The van der Waals surface area contributed by atoms with E-state index in [0.717, 1.165) is 5.56 Å². The monoisotopic (exact) mass is 402 g/mol. The van der Waals surface area contributed by atoms with Gasteiger partial charge in [-0.25, -0.2) is 4.39 Å². The fourth-order valence-electron chi connectivity index (χ4n) is 3.65. The predicted molar refractivity (Wildman–Crippen MR) is 110 cm³/mol. The molecule has 0 saturated carbocycles. The van der Waals surface area contributed by atoms with Crippen LogP contribution in [0.3, 0.4) is 0 Å². The number of aliphatic hydroxyl groups is 1. The molecule has 1 unspecified atom stereocenters. The minimum atomic E-state index is -0.751. The molecule has 1 fully saturated rings. The van der Waals surface area contributed by atoms with Crippen LogP contribution in [0.4, 0.5) is 4.39 Å². The Hall–Kier alpha value is -3.80. The minimum Gasteiger partial charge on any atom is -0.507 e. The van der Waals surface area contributed by atoms with Gasteiger partial charge >= 0.3 is 0 Å². The van der Waals surface area contributed by atoms with E-state index in [1.807, 2.05) is 0 Å². The number of pyridine rings is 1. The van der Waals surface area contributed by atoms with E-state index in [0.29, 0.717) is 17.5 Å². The fraction of sp³-hybridized carbons (Fsp3) is 0.125. The Balaban J connectivity index is 1.74. The van der Waals surface area contributed by atoms with Gasteiger partial charge in [-0.05, 0) is 35.7 Å². The van der Waals surface area contributed by atoms with Gasteiger partial charge in [-0.2, -0.15) is 0 Å². The highest BCUT2D eigenvalue weighted by Gasteiger charge is 2.45. The summed E-state index contributed by atoms with van der Waals surface area (Å²) in [5.74, 6) is -1.96. The van der Waals surface area contributed by atoms with Crippen LogP contribution in [-0.2, 0) is 16.0 Å². The van der Waals surface area contributed by atoms with Crippen molar-refractivity contribution in [3.8, 4) is 0 Å². The van der Waals surface area contributed by atoms with Crippen LogP contribution in [0.5, 0.6) is 0 Å². The zero-order valence-electron chi connectivity index (χ0n) is 16.0. The molecule has 0 radical (unpaired) electrons. The van der Waals surface area contributed by atoms with E-state index in [4.69, 9.17) is 0 Å². The number of aromatic nitrogens is 1. The molecule has 1 amide bonds. The molecule has 150 valence electrons. The van der Waals surface area contributed by atoms with E-state index in [1.165, 1.54) is 17.0 Å². The largest absolute Gasteiger partial charge is 0.507 e. The quantitative estimate of drug-likeness (QED) is 0.399. The lowest BCUT2D eigenvalue weighted by Gasteiger charge is -2.25. The number of carbonyl (C=O) groups excluding carboxylic acids is 2. The molecule has 4 rings (SSSR count). The van der Waals surface area contributed by atoms with Crippen LogP contribution in [0, 0.1) is 5.82 Å². The lowest BCUT2D eigenvalue weighted by molar-refractivity contribution is -0.139. The number of rotatable bonds is 5. The molecule has 2 heterocycles. The first-order valence-electron chi connectivity index (χ1n) is 9.54. The molecule has 1 atom stereocenters. The van der Waals surface area contributed by atoms with E-state index < -0.39 is 17.7 Å². The lowest BCUT2D eigenvalue weighted by Crippen LogP contribution is -2.31. The van der Waals surface area contributed by atoms with Crippen molar-refractivity contribution < 1.29 is 19.1 Å². The second-order valence-electron chi connectivity index (χ2n) is 7.02. The first-order valence-corrected chi connectivity index (χ1v) is 9.54. The van der Waals surface area contributed by atoms with Crippen LogP contribution in [-0.4, -0.2) is 33.2 Å². The van der Waals surface area contributed by atoms with Gasteiger partial charge in [0.15, 0.2) is 0 Å². The average Bonchev–Trinajstić information content (AvgIpc) is 3.04. The number of amides is 1. The van der Waals surface area contributed by atoms with Gasteiger partial charge in [-0.3, -0.25) is 14.6 Å². The van der Waals surface area contributed by atoms with Crippen LogP contribution < -0.4 is 0 Å². The Bertz CT molecular complexity index is 1100. The Morgan fingerprint density at radius 3 is 2.40 bits per heavy atom. The molecule has 5 nitrogen and oxygen atoms in total. The molecule has 1 saturated heterocycles. The van der Waals surface area contributed by atoms with Gasteiger partial charge in [0.05, 0.1) is 11.6 Å². The number of benzene rings is 2. The van der Waals surface area contributed by atoms with Crippen molar-refractivity contribution in [3.05, 3.63) is 107 Å². The first-order chi connectivity index (χ1) is 14.6. The van der Waals surface area contributed by atoms with Crippen molar-refractivity contribution in [2.75, 3.05) is 6.54 Å². The zero-order chi connectivity index (χ0) is 21.1. The zero-order valence-corrected chi connectivity index (χ0v) is 16.0. The van der Waals surface area contributed by atoms with Gasteiger partial charge in [-0.15, -0.1) is 0 Å². The van der Waals surface area contributed by atoms with Gasteiger partial charge in [0, 0.05) is 24.5 Å². The van der Waals surface area contributed by atoms with Crippen LogP contribution in [0.15, 0.2) is 84.7 Å². The molecule has 6 heteroatoms. The third kappa shape index (κ3) is 3.72. The molecular weight excluding hydrogens is 383 g/mol. The van der Waals surface area contributed by atoms with Crippen LogP contribution in [0.2, 0.25) is 0 Å². The molecule has 3 aromatic rings. The Morgan fingerprint density at radius 2 is 1.73 bits per heavy atom. The SMILES string of the molecule is O=C1C(=O)N(CCc2ccc(F)cc2)C(c2cccnc2)/C1=C(/O)c1ccccc1. The van der Waals surface area contributed by atoms with E-state index in [2.05, 4.69) is 4.98 Å². The Kier molecular flexibility index (Phi) is 5.39. The molecule has 0 aliphatic carbocycles. The second-order valence-corrected chi connectivity index (χ2v) is 7.02. The normalized spacial score (nSPS) is 18.0. The molecule has 1 aliphatic rings. The molecular formula is C24H19FN2O3. The number of ketones is 1. The number of likely N-dealkylation sites (tertiary alicyclic amines) is 1. The summed E-state index contributed by atoms with van der Waals surface area (Å²) in [6.45, 7) is 0.237. The Morgan fingerprint density at radius 1 is 1.00 bits per heavy atom. The van der Waals surface area contributed by atoms with Crippen molar-refractivity contribution in [1.29, 1.82) is 0 Å². The molecule has 1 aliphatic heterocycles. The number of hydrogen-bond donors (Lipinski definition) is 1. The number of halogens is 1. The summed E-state index contributed by atoms with van der Waals surface area (Å²) >= 11 is 0. The van der Waals surface area contributed by atoms with E-state index in [9.17, 15) is 19.1 Å². The van der Waals surface area contributed by atoms with Gasteiger partial charge < -0.3 is 10.0 Å². The maximum atomic E-state index is 13.2. The van der Waals surface area contributed by atoms with Crippen LogP contribution in [0.25, 0.3) is 5.76 Å². The van der Waals surface area contributed by atoms with Crippen LogP contribution >= 0.6 is 0 Å². The third-order valence-electron chi connectivity index (χ3n) is 5.14. The molecule has 1 N–H and O–H groups in total. The number of nitrogens with zero attached hydrogens (tertiary/aromatic N) is 2. The first kappa shape index (κ1) is 19.5. The standard InChI is InChI=1S/C24H19FN2O3/c25-19-10-8-16(9-11-19)12-14-27-21(18-7-4-13-26-15-18)20(23(29)24(27)30)22(28)17-5-2-1-3-6-17/h1-11,13,15,21,28H,12,14H2/b22-20-. The maximum Gasteiger partial charge on any atom is 0.295 e. The van der Waals surface area contributed by atoms with Gasteiger partial charge in [0.2, 0.25) is 0 Å². The van der Waals surface area contributed by atoms with Crippen molar-refractivity contribution in [1.82, 2.24) is 9.88 Å². The van der Waals surface area contributed by atoms with Gasteiger partial charge in [-0.1, -0.05) is 48.5 Å². The molecule has 0 bridgehead atoms. The summed E-state index contributed by atoms with van der Waals surface area (Å²) in [6, 6.07) is 17.4. The average molecular weight is 402 g/mol. The highest BCUT2D eigenvalue weighted by molar-refractivity contribution is 6.46. The number of aliphatic hydroxyl groups excluding tert-OH is 1. The minimum absolute atomic E-state index is 0.0401. The molecule has 1 aromatic heterocycles. The second kappa shape index (κ2) is 8.29. The topological polar surface area (TPSA) is 70.5 Å². The highest BCUT2D eigenvalue weighted by atomic mass is 19.1. The summed E-state index contributed by atoms with van der Waals surface area (Å²) < 4.78 is 13.2. The third-order valence-corrected chi connectivity index (χ3v) is 5.14. The predicted octanol–water partition coefficient (Wildman–Crippen LogP) is 3.89. The summed E-state index contributed by atoms with van der Waals surface area (Å²) in [4.78, 5) is 31.3. The van der Waals surface area contributed by atoms with Gasteiger partial charge in [0.1, 0.15) is 11.6 Å². The highest BCUT2D eigenvalue weighted by Crippen LogP contribution is 2.39. The molecule has 30 heavy (non-hydrogen) atoms. The fourth-order valence-corrected chi connectivity index (χ4v) is 3.65. The smallest absolute Gasteiger partial charge is 0.295 e. The lowest BCUT2D eigenvalue weighted by atomic mass is 9.96. The van der Waals surface area contributed by atoms with Crippen molar-refractivity contribution in [3.63, 3.8) is 0 Å².